The molecule has 0 fully saturated rings. The maximum Gasteiger partial charge on any atom is 0.115 e. The number of nitrogens with one attached hydrogen (secondary N) is 1. The van der Waals surface area contributed by atoms with Gasteiger partial charge in [-0.1, -0.05) is 36.4 Å². The summed E-state index contributed by atoms with van der Waals surface area (Å²) in [5.41, 5.74) is 3.70. The monoisotopic (exact) mass is 283 g/mol. The number of aromatic hydroxyl groups is 1. The van der Waals surface area contributed by atoms with E-state index in [1.807, 2.05) is 0 Å². The minimum atomic E-state index is -0.539. The zero-order valence-corrected chi connectivity index (χ0v) is 12.0. The van der Waals surface area contributed by atoms with Crippen molar-refractivity contribution in [1.82, 2.24) is 5.32 Å². The van der Waals surface area contributed by atoms with Gasteiger partial charge in [-0.2, -0.15) is 0 Å². The third kappa shape index (κ3) is 3.43. The van der Waals surface area contributed by atoms with E-state index in [0.717, 1.165) is 24.8 Å². The largest absolute Gasteiger partial charge is 0.508 e. The molecule has 0 spiro atoms. The van der Waals surface area contributed by atoms with Crippen LogP contribution in [-0.2, 0) is 12.8 Å². The lowest BCUT2D eigenvalue weighted by Gasteiger charge is -2.26. The fourth-order valence-electron chi connectivity index (χ4n) is 2.96. The molecule has 0 aliphatic heterocycles. The molecule has 0 amide bonds. The van der Waals surface area contributed by atoms with E-state index in [1.54, 1.807) is 24.3 Å². The fraction of sp³-hybridized carbons (Fsp3) is 0.333. The number of phenolic OH excluding ortho intramolecular Hbond substituents is 1. The van der Waals surface area contributed by atoms with Gasteiger partial charge in [-0.25, -0.2) is 0 Å². The predicted molar refractivity (Wildman–Crippen MR) is 83.3 cm³/mol. The molecular formula is C18H21NO2. The summed E-state index contributed by atoms with van der Waals surface area (Å²) in [7, 11) is 0. The van der Waals surface area contributed by atoms with Gasteiger partial charge in [-0.15, -0.1) is 0 Å². The molecule has 0 bridgehead atoms. The average Bonchev–Trinajstić information content (AvgIpc) is 2.53. The molecule has 2 aromatic carbocycles. The molecule has 3 rings (SSSR count). The Morgan fingerprint density at radius 3 is 2.52 bits per heavy atom. The summed E-state index contributed by atoms with van der Waals surface area (Å²) in [4.78, 5) is 0. The second-order valence-corrected chi connectivity index (χ2v) is 5.72. The highest BCUT2D eigenvalue weighted by molar-refractivity contribution is 5.30. The van der Waals surface area contributed by atoms with Crippen molar-refractivity contribution < 1.29 is 10.2 Å². The quantitative estimate of drug-likeness (QED) is 0.808. The van der Waals surface area contributed by atoms with E-state index in [9.17, 15) is 10.2 Å². The van der Waals surface area contributed by atoms with E-state index in [1.165, 1.54) is 11.1 Å². The maximum absolute atomic E-state index is 10.2. The Balaban J connectivity index is 1.55. The van der Waals surface area contributed by atoms with Crippen LogP contribution in [0.15, 0.2) is 48.5 Å². The number of aliphatic hydroxyl groups excluding tert-OH is 1. The number of hydrogen-bond donors (Lipinski definition) is 3. The highest BCUT2D eigenvalue weighted by Gasteiger charge is 2.18. The predicted octanol–water partition coefficient (Wildman–Crippen LogP) is 2.57. The van der Waals surface area contributed by atoms with Crippen LogP contribution in [0.5, 0.6) is 5.75 Å². The molecule has 2 atom stereocenters. The summed E-state index contributed by atoms with van der Waals surface area (Å²) in [6, 6.07) is 15.7. The molecule has 1 aliphatic rings. The maximum atomic E-state index is 10.2. The second kappa shape index (κ2) is 6.29. The first-order valence-corrected chi connectivity index (χ1v) is 7.49. The summed E-state index contributed by atoms with van der Waals surface area (Å²) < 4.78 is 0. The summed E-state index contributed by atoms with van der Waals surface area (Å²) in [5, 5.41) is 22.9. The van der Waals surface area contributed by atoms with Crippen molar-refractivity contribution in [2.24, 2.45) is 0 Å². The summed E-state index contributed by atoms with van der Waals surface area (Å²) in [6.07, 6.45) is 2.70. The van der Waals surface area contributed by atoms with Gasteiger partial charge in [0, 0.05) is 12.6 Å². The Bertz CT molecular complexity index is 594. The molecule has 21 heavy (non-hydrogen) atoms. The molecule has 110 valence electrons. The minimum absolute atomic E-state index is 0.225. The highest BCUT2D eigenvalue weighted by Crippen LogP contribution is 2.22. The number of fused-ring (bicyclic) bond motifs is 1. The van der Waals surface area contributed by atoms with Crippen LogP contribution >= 0.6 is 0 Å². The van der Waals surface area contributed by atoms with Gasteiger partial charge in [0.2, 0.25) is 0 Å². The molecule has 0 saturated heterocycles. The Kier molecular flexibility index (Phi) is 4.23. The smallest absolute Gasteiger partial charge is 0.115 e. The van der Waals surface area contributed by atoms with Gasteiger partial charge in [0.05, 0.1) is 6.10 Å². The van der Waals surface area contributed by atoms with Crippen molar-refractivity contribution in [2.45, 2.75) is 31.4 Å². The minimum Gasteiger partial charge on any atom is -0.508 e. The second-order valence-electron chi connectivity index (χ2n) is 5.72. The summed E-state index contributed by atoms with van der Waals surface area (Å²) >= 11 is 0. The Hall–Kier alpha value is -1.84. The number of hydrogen-bond acceptors (Lipinski definition) is 3. The van der Waals surface area contributed by atoms with Gasteiger partial charge in [0.15, 0.2) is 0 Å². The topological polar surface area (TPSA) is 52.5 Å². The zero-order chi connectivity index (χ0) is 14.7. The molecule has 2 aromatic rings. The number of aliphatic hydroxyl groups is 1. The average molecular weight is 283 g/mol. The Labute approximate surface area is 125 Å². The van der Waals surface area contributed by atoms with E-state index < -0.39 is 6.10 Å². The van der Waals surface area contributed by atoms with Crippen LogP contribution in [0.4, 0.5) is 0 Å². The van der Waals surface area contributed by atoms with Crippen molar-refractivity contribution >= 4 is 0 Å². The lowest BCUT2D eigenvalue weighted by molar-refractivity contribution is 0.168. The highest BCUT2D eigenvalue weighted by atomic mass is 16.3. The van der Waals surface area contributed by atoms with Crippen molar-refractivity contribution in [3.05, 3.63) is 65.2 Å². The number of benzene rings is 2. The molecule has 0 aromatic heterocycles. The first-order chi connectivity index (χ1) is 10.2. The van der Waals surface area contributed by atoms with Gasteiger partial charge in [-0.3, -0.25) is 0 Å². The van der Waals surface area contributed by atoms with Gasteiger partial charge >= 0.3 is 0 Å². The van der Waals surface area contributed by atoms with E-state index in [2.05, 4.69) is 29.6 Å². The third-order valence-corrected chi connectivity index (χ3v) is 4.22. The molecule has 0 unspecified atom stereocenters. The SMILES string of the molecule is Oc1ccc([C@@H](O)CN[C@H]2CCc3ccccc3C2)cc1. The van der Waals surface area contributed by atoms with Gasteiger partial charge < -0.3 is 15.5 Å². The first-order valence-electron chi connectivity index (χ1n) is 7.49. The first kappa shape index (κ1) is 14.1. The van der Waals surface area contributed by atoms with Crippen LogP contribution in [0, 0.1) is 0 Å². The van der Waals surface area contributed by atoms with Crippen LogP contribution in [0.3, 0.4) is 0 Å². The molecule has 1 aliphatic carbocycles. The molecular weight excluding hydrogens is 262 g/mol. The molecule has 3 heteroatoms. The number of aryl methyl sites for hydroxylation is 1. The van der Waals surface area contributed by atoms with Crippen LogP contribution in [-0.4, -0.2) is 22.8 Å². The third-order valence-electron chi connectivity index (χ3n) is 4.22. The van der Waals surface area contributed by atoms with Crippen LogP contribution < -0.4 is 5.32 Å². The van der Waals surface area contributed by atoms with Crippen molar-refractivity contribution in [3.8, 4) is 5.75 Å². The van der Waals surface area contributed by atoms with Crippen molar-refractivity contribution in [1.29, 1.82) is 0 Å². The van der Waals surface area contributed by atoms with Crippen LogP contribution in [0.1, 0.15) is 29.2 Å². The van der Waals surface area contributed by atoms with Gasteiger partial charge in [0.25, 0.3) is 0 Å². The Morgan fingerprint density at radius 2 is 1.76 bits per heavy atom. The standard InChI is InChI=1S/C18H21NO2/c20-17-9-6-14(7-10-17)18(21)12-19-16-8-5-13-3-1-2-4-15(13)11-16/h1-4,6-7,9-10,16,18-21H,5,8,11-12H2/t16-,18-/m0/s1. The fourth-order valence-corrected chi connectivity index (χ4v) is 2.96. The van der Waals surface area contributed by atoms with E-state index in [-0.39, 0.29) is 5.75 Å². The molecule has 0 saturated carbocycles. The van der Waals surface area contributed by atoms with Crippen molar-refractivity contribution in [2.75, 3.05) is 6.54 Å². The summed E-state index contributed by atoms with van der Waals surface area (Å²) in [6.45, 7) is 0.539. The van der Waals surface area contributed by atoms with Crippen LogP contribution in [0.25, 0.3) is 0 Å². The summed E-state index contributed by atoms with van der Waals surface area (Å²) in [5.74, 6) is 0.225. The van der Waals surface area contributed by atoms with Crippen molar-refractivity contribution in [3.63, 3.8) is 0 Å². The number of phenols is 1. The number of rotatable bonds is 4. The Morgan fingerprint density at radius 1 is 1.05 bits per heavy atom. The molecule has 3 N–H and O–H groups in total. The normalized spacial score (nSPS) is 19.0. The molecule has 0 radical (unpaired) electrons. The van der Waals surface area contributed by atoms with Gasteiger partial charge in [0.1, 0.15) is 5.75 Å². The van der Waals surface area contributed by atoms with Gasteiger partial charge in [-0.05, 0) is 48.1 Å². The van der Waals surface area contributed by atoms with Crippen LogP contribution in [0.2, 0.25) is 0 Å². The van der Waals surface area contributed by atoms with E-state index >= 15 is 0 Å². The molecule has 0 heterocycles. The zero-order valence-electron chi connectivity index (χ0n) is 12.0. The van der Waals surface area contributed by atoms with E-state index in [0.29, 0.717) is 12.6 Å². The van der Waals surface area contributed by atoms with E-state index in [4.69, 9.17) is 0 Å². The lowest BCUT2D eigenvalue weighted by atomic mass is 9.88. The lowest BCUT2D eigenvalue weighted by Crippen LogP contribution is -2.37. The molecule has 3 nitrogen and oxygen atoms in total.